The van der Waals surface area contributed by atoms with Crippen LogP contribution < -0.4 is 5.32 Å². The molecule has 2 aromatic carbocycles. The number of nitro groups is 1. The van der Waals surface area contributed by atoms with Gasteiger partial charge >= 0.3 is 0 Å². The van der Waals surface area contributed by atoms with Crippen LogP contribution in [0.5, 0.6) is 0 Å². The number of hydrogen-bond donors (Lipinski definition) is 2. The van der Waals surface area contributed by atoms with Gasteiger partial charge in [-0.15, -0.1) is 10.2 Å². The fraction of sp³-hybridized carbons (Fsp3) is 0. The number of anilines is 1. The highest BCUT2D eigenvalue weighted by Crippen LogP contribution is 2.36. The Bertz CT molecular complexity index is 1130. The van der Waals surface area contributed by atoms with Gasteiger partial charge in [0.1, 0.15) is 17.7 Å². The second-order valence-electron chi connectivity index (χ2n) is 5.20. The number of benzene rings is 2. The third-order valence-corrected chi connectivity index (χ3v) is 4.63. The molecule has 3 rings (SSSR count). The summed E-state index contributed by atoms with van der Waals surface area (Å²) in [4.78, 5) is 11.7. The number of H-pyrrole nitrogens is 1. The topological polar surface area (TPSA) is 157 Å². The van der Waals surface area contributed by atoms with Gasteiger partial charge in [-0.05, 0) is 23.4 Å². The van der Waals surface area contributed by atoms with Crippen LogP contribution in [0.15, 0.2) is 58.5 Å². The van der Waals surface area contributed by atoms with Gasteiger partial charge in [-0.1, -0.05) is 23.9 Å². The van der Waals surface area contributed by atoms with Crippen molar-refractivity contribution in [2.75, 3.05) is 5.32 Å². The highest BCUT2D eigenvalue weighted by Gasteiger charge is 2.13. The monoisotopic (exact) mass is 390 g/mol. The van der Waals surface area contributed by atoms with E-state index in [4.69, 9.17) is 0 Å². The molecule has 0 atom stereocenters. The third-order valence-electron chi connectivity index (χ3n) is 3.48. The Morgan fingerprint density at radius 2 is 2.07 bits per heavy atom. The molecule has 0 aliphatic rings. The number of para-hydroxylation sites is 1. The van der Waals surface area contributed by atoms with Crippen molar-refractivity contribution in [1.82, 2.24) is 20.6 Å². The molecule has 0 saturated heterocycles. The summed E-state index contributed by atoms with van der Waals surface area (Å²) >= 11 is 1.27. The number of non-ortho nitro benzene ring substituents is 1. The van der Waals surface area contributed by atoms with Crippen molar-refractivity contribution >= 4 is 28.7 Å². The minimum atomic E-state index is -0.545. The van der Waals surface area contributed by atoms with Gasteiger partial charge in [-0.3, -0.25) is 10.1 Å². The Balaban J connectivity index is 1.89. The molecule has 11 heteroatoms. The highest BCUT2D eigenvalue weighted by molar-refractivity contribution is 7.99. The van der Waals surface area contributed by atoms with Crippen molar-refractivity contribution in [3.05, 3.63) is 70.2 Å². The van der Waals surface area contributed by atoms with Crippen LogP contribution in [0.1, 0.15) is 11.4 Å². The van der Waals surface area contributed by atoms with Crippen LogP contribution in [0.25, 0.3) is 5.57 Å². The number of allylic oxidation sites excluding steroid dienone is 1. The summed E-state index contributed by atoms with van der Waals surface area (Å²) in [7, 11) is 0. The van der Waals surface area contributed by atoms with Crippen LogP contribution >= 0.6 is 11.8 Å². The van der Waals surface area contributed by atoms with Crippen LogP contribution in [0.4, 0.5) is 11.4 Å². The van der Waals surface area contributed by atoms with E-state index in [-0.39, 0.29) is 22.6 Å². The van der Waals surface area contributed by atoms with Crippen LogP contribution in [0.2, 0.25) is 0 Å². The lowest BCUT2D eigenvalue weighted by Crippen LogP contribution is -1.95. The summed E-state index contributed by atoms with van der Waals surface area (Å²) in [5.41, 5.74) is 0.913. The van der Waals surface area contributed by atoms with E-state index in [1.165, 1.54) is 36.2 Å². The van der Waals surface area contributed by atoms with E-state index < -0.39 is 4.92 Å². The fourth-order valence-corrected chi connectivity index (χ4v) is 3.14. The van der Waals surface area contributed by atoms with Crippen LogP contribution in [-0.2, 0) is 0 Å². The molecule has 0 spiro atoms. The number of rotatable bonds is 6. The van der Waals surface area contributed by atoms with Crippen LogP contribution in [0, 0.1) is 32.8 Å². The van der Waals surface area contributed by atoms with Gasteiger partial charge in [-0.2, -0.15) is 15.7 Å². The molecule has 0 saturated carbocycles. The van der Waals surface area contributed by atoms with Gasteiger partial charge in [0.2, 0.25) is 5.82 Å². The van der Waals surface area contributed by atoms with Gasteiger partial charge in [0.05, 0.1) is 16.2 Å². The number of nitro benzene ring substituents is 1. The van der Waals surface area contributed by atoms with E-state index in [2.05, 4.69) is 25.9 Å². The molecule has 28 heavy (non-hydrogen) atoms. The zero-order valence-corrected chi connectivity index (χ0v) is 14.8. The van der Waals surface area contributed by atoms with Gasteiger partial charge in [0.25, 0.3) is 5.69 Å². The summed E-state index contributed by atoms with van der Waals surface area (Å²) in [6, 6.07) is 15.3. The van der Waals surface area contributed by atoms with Crippen LogP contribution in [0.3, 0.4) is 0 Å². The molecule has 0 amide bonds. The first-order chi connectivity index (χ1) is 13.6. The molecule has 10 nitrogen and oxygen atoms in total. The maximum absolute atomic E-state index is 10.9. The summed E-state index contributed by atoms with van der Waals surface area (Å²) in [5, 5.41) is 45.7. The molecule has 0 aliphatic heterocycles. The summed E-state index contributed by atoms with van der Waals surface area (Å²) in [6.07, 6.45) is 1.45. The predicted molar refractivity (Wildman–Crippen MR) is 99.8 cm³/mol. The Morgan fingerprint density at radius 3 is 2.75 bits per heavy atom. The number of aromatic nitrogens is 4. The average molecular weight is 390 g/mol. The Hall–Kier alpha value is -4.22. The molecule has 0 fully saturated rings. The normalized spacial score (nSPS) is 10.7. The first kappa shape index (κ1) is 18.6. The zero-order valence-electron chi connectivity index (χ0n) is 14.0. The second-order valence-corrected chi connectivity index (χ2v) is 6.28. The van der Waals surface area contributed by atoms with Crippen molar-refractivity contribution in [2.45, 2.75) is 9.79 Å². The Kier molecular flexibility index (Phi) is 5.60. The molecule has 0 bridgehead atoms. The van der Waals surface area contributed by atoms with Crippen molar-refractivity contribution in [1.29, 1.82) is 10.5 Å². The van der Waals surface area contributed by atoms with E-state index in [1.807, 2.05) is 30.3 Å². The predicted octanol–water partition coefficient (Wildman–Crippen LogP) is 3.11. The number of tetrazole rings is 1. The first-order valence-corrected chi connectivity index (χ1v) is 8.50. The van der Waals surface area contributed by atoms with E-state index >= 15 is 0 Å². The van der Waals surface area contributed by atoms with Gasteiger partial charge in [0, 0.05) is 28.1 Å². The number of aromatic amines is 1. The van der Waals surface area contributed by atoms with E-state index in [0.29, 0.717) is 10.6 Å². The zero-order chi connectivity index (χ0) is 19.9. The lowest BCUT2D eigenvalue weighted by atomic mass is 10.2. The first-order valence-electron chi connectivity index (χ1n) is 7.68. The Morgan fingerprint density at radius 1 is 1.25 bits per heavy atom. The molecule has 1 aromatic heterocycles. The van der Waals surface area contributed by atoms with E-state index in [1.54, 1.807) is 6.07 Å². The van der Waals surface area contributed by atoms with Gasteiger partial charge < -0.3 is 5.32 Å². The molecule has 0 aliphatic carbocycles. The maximum Gasteiger partial charge on any atom is 0.270 e. The molecular formula is C17H10N8O2S. The van der Waals surface area contributed by atoms with Gasteiger partial charge in [-0.25, -0.2) is 0 Å². The third kappa shape index (κ3) is 4.12. The van der Waals surface area contributed by atoms with Gasteiger partial charge in [0.15, 0.2) is 0 Å². The lowest BCUT2D eigenvalue weighted by Gasteiger charge is -2.10. The highest BCUT2D eigenvalue weighted by atomic mass is 32.2. The van der Waals surface area contributed by atoms with Crippen molar-refractivity contribution < 1.29 is 4.92 Å². The number of nitrogens with one attached hydrogen (secondary N) is 2. The van der Waals surface area contributed by atoms with Crippen molar-refractivity contribution in [3.8, 4) is 12.1 Å². The minimum absolute atomic E-state index is 0.144. The fourth-order valence-electron chi connectivity index (χ4n) is 2.17. The molecular weight excluding hydrogens is 380 g/mol. The summed E-state index contributed by atoms with van der Waals surface area (Å²) in [5.74, 6) is 0.155. The smallest absolute Gasteiger partial charge is 0.270 e. The molecule has 2 N–H and O–H groups in total. The average Bonchev–Trinajstić information content (AvgIpc) is 3.24. The quantitative estimate of drug-likeness (QED) is 0.366. The molecule has 1 heterocycles. The van der Waals surface area contributed by atoms with Crippen molar-refractivity contribution in [3.63, 3.8) is 0 Å². The number of nitriles is 2. The standard InChI is InChI=1S/C17H10N8O2S/c18-8-11-7-13(25(26)27)5-6-15(11)28-16-4-2-1-3-14(16)20-10-12(9-19)17-21-23-24-22-17/h1-7,10,20H,(H,21,22,23,24). The molecule has 3 aromatic rings. The van der Waals surface area contributed by atoms with Crippen molar-refractivity contribution in [2.24, 2.45) is 0 Å². The number of nitrogens with zero attached hydrogens (tertiary/aromatic N) is 6. The van der Waals surface area contributed by atoms with E-state index in [9.17, 15) is 20.6 Å². The van der Waals surface area contributed by atoms with E-state index in [0.717, 1.165) is 4.90 Å². The SMILES string of the molecule is N#CC(=CNc1ccccc1Sc1ccc([N+](=O)[O-])cc1C#N)c1nn[nH]n1. The lowest BCUT2D eigenvalue weighted by molar-refractivity contribution is -0.384. The molecule has 0 unspecified atom stereocenters. The Labute approximate surface area is 162 Å². The maximum atomic E-state index is 10.9. The minimum Gasteiger partial charge on any atom is -0.359 e. The summed E-state index contributed by atoms with van der Waals surface area (Å²) < 4.78 is 0. The number of hydrogen-bond acceptors (Lipinski definition) is 9. The molecule has 136 valence electrons. The largest absolute Gasteiger partial charge is 0.359 e. The second kappa shape index (κ2) is 8.44. The summed E-state index contributed by atoms with van der Waals surface area (Å²) in [6.45, 7) is 0. The molecule has 0 radical (unpaired) electrons. The van der Waals surface area contributed by atoms with Crippen LogP contribution in [-0.4, -0.2) is 25.5 Å².